The third-order valence-corrected chi connectivity index (χ3v) is 5.81. The van der Waals surface area contributed by atoms with Gasteiger partial charge in [-0.3, -0.25) is 4.98 Å². The Kier molecular flexibility index (Phi) is 6.48. The second kappa shape index (κ2) is 9.48. The van der Waals surface area contributed by atoms with Gasteiger partial charge in [0.25, 0.3) is 0 Å². The van der Waals surface area contributed by atoms with Gasteiger partial charge in [-0.25, -0.2) is 9.78 Å². The first-order valence-corrected chi connectivity index (χ1v) is 10.6. The molecule has 3 aromatic rings. The molecule has 0 aliphatic carbocycles. The number of halogens is 3. The SMILES string of the molecule is CN(C(=O)Nc1ccc(-c2ccccc2)nc1)C1CCN(c2cc(C(F)(F)F)ccn2)CC1. The first-order valence-electron chi connectivity index (χ1n) is 10.6. The van der Waals surface area contributed by atoms with E-state index >= 15 is 0 Å². The van der Waals surface area contributed by atoms with Gasteiger partial charge in [0.15, 0.2) is 0 Å². The van der Waals surface area contributed by atoms with E-state index in [1.54, 1.807) is 18.1 Å². The van der Waals surface area contributed by atoms with Crippen LogP contribution in [0.4, 0.5) is 29.5 Å². The van der Waals surface area contributed by atoms with Gasteiger partial charge in [0, 0.05) is 37.9 Å². The van der Waals surface area contributed by atoms with Crippen molar-refractivity contribution in [2.75, 3.05) is 30.4 Å². The number of urea groups is 1. The Hall–Kier alpha value is -3.62. The molecule has 0 unspecified atom stereocenters. The van der Waals surface area contributed by atoms with Crippen LogP contribution in [-0.2, 0) is 6.18 Å². The largest absolute Gasteiger partial charge is 0.416 e. The molecule has 0 radical (unpaired) electrons. The van der Waals surface area contributed by atoms with Gasteiger partial charge in [0.2, 0.25) is 0 Å². The van der Waals surface area contributed by atoms with Crippen molar-refractivity contribution in [3.63, 3.8) is 0 Å². The van der Waals surface area contributed by atoms with Crippen LogP contribution in [0, 0.1) is 0 Å². The monoisotopic (exact) mass is 455 g/mol. The number of carbonyl (C=O) groups excluding carboxylic acids is 1. The summed E-state index contributed by atoms with van der Waals surface area (Å²) in [5.74, 6) is 0.306. The molecule has 0 spiro atoms. The number of anilines is 2. The summed E-state index contributed by atoms with van der Waals surface area (Å²) >= 11 is 0. The molecule has 0 saturated carbocycles. The van der Waals surface area contributed by atoms with Crippen molar-refractivity contribution >= 4 is 17.5 Å². The summed E-state index contributed by atoms with van der Waals surface area (Å²) in [4.78, 5) is 24.7. The Bertz CT molecular complexity index is 1080. The number of pyridine rings is 2. The van der Waals surface area contributed by atoms with Crippen LogP contribution < -0.4 is 10.2 Å². The summed E-state index contributed by atoms with van der Waals surface area (Å²) in [5.41, 5.74) is 1.70. The number of amides is 2. The number of carbonyl (C=O) groups is 1. The zero-order valence-electron chi connectivity index (χ0n) is 18.1. The number of rotatable bonds is 4. The summed E-state index contributed by atoms with van der Waals surface area (Å²) in [6.07, 6.45) is -0.334. The second-order valence-electron chi connectivity index (χ2n) is 7.96. The van der Waals surface area contributed by atoms with Gasteiger partial charge < -0.3 is 15.1 Å². The number of alkyl halides is 3. The second-order valence-corrected chi connectivity index (χ2v) is 7.96. The standard InChI is InChI=1S/C24H24F3N5O/c1-31(23(33)30-19-7-8-21(29-16-19)17-5-3-2-4-6-17)20-10-13-32(14-11-20)22-15-18(9-12-28-22)24(25,26)27/h2-9,12,15-16,20H,10-11,13-14H2,1H3,(H,30,33). The van der Waals surface area contributed by atoms with Gasteiger partial charge in [-0.2, -0.15) is 13.2 Å². The first-order chi connectivity index (χ1) is 15.8. The van der Waals surface area contributed by atoms with Gasteiger partial charge >= 0.3 is 12.2 Å². The lowest BCUT2D eigenvalue weighted by Gasteiger charge is -2.37. The maximum Gasteiger partial charge on any atom is 0.416 e. The fourth-order valence-electron chi connectivity index (χ4n) is 3.87. The Morgan fingerprint density at radius 2 is 1.79 bits per heavy atom. The highest BCUT2D eigenvalue weighted by Crippen LogP contribution is 2.31. The lowest BCUT2D eigenvalue weighted by Crippen LogP contribution is -2.47. The minimum Gasteiger partial charge on any atom is -0.356 e. The molecule has 4 rings (SSSR count). The Balaban J connectivity index is 1.32. The third-order valence-electron chi connectivity index (χ3n) is 5.81. The minimum atomic E-state index is -4.40. The molecule has 1 aromatic carbocycles. The zero-order chi connectivity index (χ0) is 23.4. The zero-order valence-corrected chi connectivity index (χ0v) is 18.1. The Labute approximate surface area is 190 Å². The summed E-state index contributed by atoms with van der Waals surface area (Å²) in [6.45, 7) is 1.04. The molecule has 1 aliphatic rings. The average Bonchev–Trinajstić information content (AvgIpc) is 2.84. The Morgan fingerprint density at radius 1 is 1.06 bits per heavy atom. The van der Waals surface area contributed by atoms with E-state index in [0.29, 0.717) is 37.4 Å². The molecule has 33 heavy (non-hydrogen) atoms. The van der Waals surface area contributed by atoms with Crippen molar-refractivity contribution in [3.05, 3.63) is 72.6 Å². The van der Waals surface area contributed by atoms with Crippen LogP contribution in [0.2, 0.25) is 0 Å². The molecule has 9 heteroatoms. The topological polar surface area (TPSA) is 61.4 Å². The van der Waals surface area contributed by atoms with Crippen LogP contribution in [0.5, 0.6) is 0 Å². The first kappa shape index (κ1) is 22.6. The molecule has 3 heterocycles. The third kappa shape index (κ3) is 5.42. The molecule has 2 aromatic heterocycles. The number of aromatic nitrogens is 2. The lowest BCUT2D eigenvalue weighted by atomic mass is 10.0. The molecule has 1 N–H and O–H groups in total. The van der Waals surface area contributed by atoms with Crippen molar-refractivity contribution in [2.45, 2.75) is 25.1 Å². The van der Waals surface area contributed by atoms with Crippen molar-refractivity contribution in [1.82, 2.24) is 14.9 Å². The Morgan fingerprint density at radius 3 is 2.42 bits per heavy atom. The fourth-order valence-corrected chi connectivity index (χ4v) is 3.87. The molecular weight excluding hydrogens is 431 g/mol. The quantitative estimate of drug-likeness (QED) is 0.580. The highest BCUT2D eigenvalue weighted by atomic mass is 19.4. The summed E-state index contributed by atoms with van der Waals surface area (Å²) in [7, 11) is 1.73. The smallest absolute Gasteiger partial charge is 0.356 e. The van der Waals surface area contributed by atoms with E-state index in [4.69, 9.17) is 0 Å². The molecule has 0 atom stereocenters. The molecule has 6 nitrogen and oxygen atoms in total. The number of hydrogen-bond donors (Lipinski definition) is 1. The molecule has 2 amide bonds. The fraction of sp³-hybridized carbons (Fsp3) is 0.292. The molecule has 1 saturated heterocycles. The predicted octanol–water partition coefficient (Wildman–Crippen LogP) is 5.30. The van der Waals surface area contributed by atoms with Crippen LogP contribution in [0.1, 0.15) is 18.4 Å². The highest BCUT2D eigenvalue weighted by molar-refractivity contribution is 5.89. The summed E-state index contributed by atoms with van der Waals surface area (Å²) in [6, 6.07) is 15.2. The van der Waals surface area contributed by atoms with Crippen LogP contribution in [-0.4, -0.2) is 47.1 Å². The molecular formula is C24H24F3N5O. The maximum atomic E-state index is 13.0. The number of nitrogens with zero attached hydrogens (tertiary/aromatic N) is 4. The molecule has 172 valence electrons. The van der Waals surface area contributed by atoms with Crippen LogP contribution in [0.25, 0.3) is 11.3 Å². The average molecular weight is 455 g/mol. The van der Waals surface area contributed by atoms with Crippen LogP contribution in [0.15, 0.2) is 67.0 Å². The number of benzene rings is 1. The highest BCUT2D eigenvalue weighted by Gasteiger charge is 2.32. The van der Waals surface area contributed by atoms with Crippen molar-refractivity contribution in [3.8, 4) is 11.3 Å². The van der Waals surface area contributed by atoms with Crippen molar-refractivity contribution < 1.29 is 18.0 Å². The maximum absolute atomic E-state index is 13.0. The van der Waals surface area contributed by atoms with Gasteiger partial charge in [-0.1, -0.05) is 30.3 Å². The van der Waals surface area contributed by atoms with E-state index in [0.717, 1.165) is 23.4 Å². The lowest BCUT2D eigenvalue weighted by molar-refractivity contribution is -0.137. The summed E-state index contributed by atoms with van der Waals surface area (Å²) < 4.78 is 38.9. The van der Waals surface area contributed by atoms with Gasteiger partial charge in [-0.15, -0.1) is 0 Å². The van der Waals surface area contributed by atoms with E-state index in [-0.39, 0.29) is 12.1 Å². The van der Waals surface area contributed by atoms with Gasteiger partial charge in [-0.05, 0) is 37.1 Å². The van der Waals surface area contributed by atoms with Gasteiger partial charge in [0.1, 0.15) is 5.82 Å². The molecule has 0 bridgehead atoms. The van der Waals surface area contributed by atoms with Crippen LogP contribution >= 0.6 is 0 Å². The number of hydrogen-bond acceptors (Lipinski definition) is 4. The normalized spacial score (nSPS) is 14.7. The predicted molar refractivity (Wildman–Crippen MR) is 121 cm³/mol. The van der Waals surface area contributed by atoms with Crippen molar-refractivity contribution in [1.29, 1.82) is 0 Å². The number of piperidine rings is 1. The van der Waals surface area contributed by atoms with E-state index in [1.165, 1.54) is 6.20 Å². The molecule has 1 aliphatic heterocycles. The van der Waals surface area contributed by atoms with E-state index in [1.807, 2.05) is 47.4 Å². The van der Waals surface area contributed by atoms with E-state index < -0.39 is 11.7 Å². The van der Waals surface area contributed by atoms with Crippen molar-refractivity contribution in [2.24, 2.45) is 0 Å². The minimum absolute atomic E-state index is 0.0244. The number of nitrogens with one attached hydrogen (secondary N) is 1. The van der Waals surface area contributed by atoms with E-state index in [2.05, 4.69) is 15.3 Å². The molecule has 1 fully saturated rings. The van der Waals surface area contributed by atoms with Gasteiger partial charge in [0.05, 0.1) is 23.1 Å². The summed E-state index contributed by atoms with van der Waals surface area (Å²) in [5, 5.41) is 2.86. The van der Waals surface area contributed by atoms with E-state index in [9.17, 15) is 18.0 Å². The van der Waals surface area contributed by atoms with Crippen LogP contribution in [0.3, 0.4) is 0 Å².